The quantitative estimate of drug-likeness (QED) is 0.686. The maximum Gasteiger partial charge on any atom is 0.302 e. The van der Waals surface area contributed by atoms with Crippen LogP contribution in [0.2, 0.25) is 0 Å². The lowest BCUT2D eigenvalue weighted by molar-refractivity contribution is -0.145. The molecule has 0 aromatic rings. The Morgan fingerprint density at radius 2 is 2.44 bits per heavy atom. The predicted octanol–water partition coefficient (Wildman–Crippen LogP) is 0.614. The number of hydrogen-bond donors (Lipinski definition) is 0. The van der Waals surface area contributed by atoms with Crippen LogP contribution < -0.4 is 0 Å². The second kappa shape index (κ2) is 5.09. The van der Waals surface area contributed by atoms with Crippen LogP contribution >= 0.6 is 11.8 Å². The highest BCUT2D eigenvalue weighted by molar-refractivity contribution is 8.14. The van der Waals surface area contributed by atoms with Crippen molar-refractivity contribution >= 4 is 22.9 Å². The minimum atomic E-state index is -0.325. The van der Waals surface area contributed by atoms with Gasteiger partial charge in [0.1, 0.15) is 18.1 Å². The Labute approximate surface area is 111 Å². The van der Waals surface area contributed by atoms with Crippen LogP contribution in [0, 0.1) is 12.8 Å². The van der Waals surface area contributed by atoms with Crippen LogP contribution in [-0.2, 0) is 14.3 Å². The van der Waals surface area contributed by atoms with Gasteiger partial charge in [-0.1, -0.05) is 11.8 Å². The van der Waals surface area contributed by atoms with Crippen molar-refractivity contribution in [3.8, 4) is 0 Å². The Kier molecular flexibility index (Phi) is 3.48. The van der Waals surface area contributed by atoms with Crippen molar-refractivity contribution < 1.29 is 14.3 Å². The van der Waals surface area contributed by atoms with Gasteiger partial charge in [0.2, 0.25) is 0 Å². The monoisotopic (exact) mass is 266 g/mol. The molecule has 0 amide bonds. The number of fused-ring (bicyclic) bond motifs is 1. The van der Waals surface area contributed by atoms with Crippen molar-refractivity contribution in [1.82, 2.24) is 4.90 Å². The first kappa shape index (κ1) is 12.3. The Bertz CT molecular complexity index is 370. The summed E-state index contributed by atoms with van der Waals surface area (Å²) in [4.78, 5) is 17.5. The third kappa shape index (κ3) is 2.49. The molecule has 6 heteroatoms. The van der Waals surface area contributed by atoms with Crippen LogP contribution in [-0.4, -0.2) is 53.3 Å². The lowest BCUT2D eigenvalue weighted by Crippen LogP contribution is -2.40. The van der Waals surface area contributed by atoms with E-state index in [4.69, 9.17) is 9.47 Å². The average Bonchev–Trinajstić information content (AvgIpc) is 2.65. The second-order valence-corrected chi connectivity index (χ2v) is 5.46. The summed E-state index contributed by atoms with van der Waals surface area (Å²) in [5, 5.41) is 1.04. The fourth-order valence-corrected chi connectivity index (χ4v) is 3.05. The molecule has 4 radical (unpaired) electrons. The van der Waals surface area contributed by atoms with E-state index in [1.54, 1.807) is 11.8 Å². The maximum absolute atomic E-state index is 10.7. The van der Waals surface area contributed by atoms with Gasteiger partial charge in [-0.2, -0.15) is 0 Å². The number of aliphatic imine (C=N–C) groups is 1. The summed E-state index contributed by atoms with van der Waals surface area (Å²) < 4.78 is 10.7. The maximum atomic E-state index is 10.7. The van der Waals surface area contributed by atoms with E-state index < -0.39 is 0 Å². The molecule has 3 aliphatic rings. The number of rotatable bonds is 2. The van der Waals surface area contributed by atoms with E-state index in [2.05, 4.69) is 22.7 Å². The first-order valence-electron chi connectivity index (χ1n) is 6.01. The van der Waals surface area contributed by atoms with E-state index in [0.717, 1.165) is 18.3 Å². The van der Waals surface area contributed by atoms with E-state index in [-0.39, 0.29) is 30.2 Å². The summed E-state index contributed by atoms with van der Waals surface area (Å²) in [6.07, 6.45) is 6.95. The number of carbonyl (C=O) groups is 1. The largest absolute Gasteiger partial charge is 0.463 e. The molecule has 3 heterocycles. The molecule has 3 aliphatic heterocycles. The summed E-state index contributed by atoms with van der Waals surface area (Å²) in [6, 6.07) is -0.0702. The molecule has 2 saturated heterocycles. The van der Waals surface area contributed by atoms with Crippen LogP contribution in [0.1, 0.15) is 13.3 Å². The molecule has 3 unspecified atom stereocenters. The number of nitrogens with zero attached hydrogens (tertiary/aromatic N) is 2. The Balaban J connectivity index is 1.51. The van der Waals surface area contributed by atoms with Gasteiger partial charge in [-0.25, -0.2) is 0 Å². The summed E-state index contributed by atoms with van der Waals surface area (Å²) in [7, 11) is 0. The summed E-state index contributed by atoms with van der Waals surface area (Å²) in [6.45, 7) is 3.74. The van der Waals surface area contributed by atoms with Crippen LogP contribution in [0.4, 0.5) is 0 Å². The normalized spacial score (nSPS) is 34.6. The fourth-order valence-electron chi connectivity index (χ4n) is 1.89. The van der Waals surface area contributed by atoms with Crippen LogP contribution in [0.5, 0.6) is 0 Å². The summed E-state index contributed by atoms with van der Waals surface area (Å²) in [5.74, 6) is -0.306. The molecule has 0 aliphatic carbocycles. The molecule has 0 bridgehead atoms. The zero-order valence-corrected chi connectivity index (χ0v) is 10.9. The first-order chi connectivity index (χ1) is 8.72. The van der Waals surface area contributed by atoms with Gasteiger partial charge in [0, 0.05) is 32.9 Å². The van der Waals surface area contributed by atoms with Crippen molar-refractivity contribution in [3.63, 3.8) is 0 Å². The van der Waals surface area contributed by atoms with Gasteiger partial charge in [0.15, 0.2) is 5.17 Å². The zero-order chi connectivity index (χ0) is 12.5. The molecule has 96 valence electrons. The Morgan fingerprint density at radius 3 is 3.11 bits per heavy atom. The molecule has 0 N–H and O–H groups in total. The van der Waals surface area contributed by atoms with E-state index in [1.165, 1.54) is 13.3 Å². The van der Waals surface area contributed by atoms with Gasteiger partial charge in [-0.05, 0) is 6.42 Å². The minimum absolute atomic E-state index is 0.0533. The van der Waals surface area contributed by atoms with Gasteiger partial charge in [0.25, 0.3) is 0 Å². The van der Waals surface area contributed by atoms with Gasteiger partial charge < -0.3 is 14.4 Å². The van der Waals surface area contributed by atoms with Crippen LogP contribution in [0.3, 0.4) is 0 Å². The van der Waals surface area contributed by atoms with E-state index in [1.807, 2.05) is 0 Å². The third-order valence-corrected chi connectivity index (χ3v) is 4.16. The Hall–Kier alpha value is -0.750. The second-order valence-electron chi connectivity index (χ2n) is 4.40. The lowest BCUT2D eigenvalue weighted by Gasteiger charge is -2.32. The van der Waals surface area contributed by atoms with Crippen molar-refractivity contribution in [3.05, 3.63) is 12.8 Å². The number of likely N-dealkylation sites (tertiary alicyclic amines) is 1. The molecule has 3 rings (SSSR count). The van der Waals surface area contributed by atoms with Crippen molar-refractivity contribution in [2.24, 2.45) is 4.99 Å². The first-order valence-corrected chi connectivity index (χ1v) is 6.89. The van der Waals surface area contributed by atoms with E-state index in [9.17, 15) is 4.79 Å². The van der Waals surface area contributed by atoms with Crippen LogP contribution in [0.15, 0.2) is 4.99 Å². The van der Waals surface area contributed by atoms with Gasteiger partial charge in [-0.15, -0.1) is 0 Å². The minimum Gasteiger partial charge on any atom is -0.463 e. The smallest absolute Gasteiger partial charge is 0.302 e. The number of thioether (sulfide) groups is 1. The molecule has 0 aromatic heterocycles. The molecule has 0 spiro atoms. The highest BCUT2D eigenvalue weighted by Crippen LogP contribution is 2.37. The van der Waals surface area contributed by atoms with Gasteiger partial charge in [0.05, 0.1) is 6.04 Å². The van der Waals surface area contributed by atoms with Crippen molar-refractivity contribution in [2.45, 2.75) is 30.9 Å². The van der Waals surface area contributed by atoms with E-state index in [0.29, 0.717) is 0 Å². The number of esters is 1. The molecule has 18 heavy (non-hydrogen) atoms. The van der Waals surface area contributed by atoms with Crippen molar-refractivity contribution in [2.75, 3.05) is 19.7 Å². The highest BCUT2D eigenvalue weighted by atomic mass is 32.2. The standard InChI is InChI=1S/C12H14N2O3S/c1-8(15)16-7-9-3-4-10-11(17-9)18-12(13-10)14-5-2-6-14/h9-11H,2,5-7H2,1H3. The SMILES string of the molecule is CC(=O)OCC1[C][C]C2N=C(N3CCC3)SC2O1. The third-order valence-electron chi connectivity index (χ3n) is 2.98. The lowest BCUT2D eigenvalue weighted by atomic mass is 10.1. The van der Waals surface area contributed by atoms with Gasteiger partial charge in [-0.3, -0.25) is 9.79 Å². The predicted molar refractivity (Wildman–Crippen MR) is 66.8 cm³/mol. The van der Waals surface area contributed by atoms with Gasteiger partial charge >= 0.3 is 5.97 Å². The summed E-state index contributed by atoms with van der Waals surface area (Å²) >= 11 is 1.63. The zero-order valence-electron chi connectivity index (χ0n) is 10.1. The molecule has 0 aromatic carbocycles. The highest BCUT2D eigenvalue weighted by Gasteiger charge is 2.40. The number of ether oxygens (including phenoxy) is 2. The molecular weight excluding hydrogens is 252 g/mol. The summed E-state index contributed by atoms with van der Waals surface area (Å²) in [5.41, 5.74) is -0.0533. The fraction of sp³-hybridized carbons (Fsp3) is 0.667. The van der Waals surface area contributed by atoms with E-state index >= 15 is 0 Å². The number of amidine groups is 1. The molecular formula is C12H14N2O3S. The number of hydrogen-bond acceptors (Lipinski definition) is 6. The molecule has 3 atom stereocenters. The molecule has 5 nitrogen and oxygen atoms in total. The van der Waals surface area contributed by atoms with Crippen LogP contribution in [0.25, 0.3) is 0 Å². The Morgan fingerprint density at radius 1 is 1.61 bits per heavy atom. The molecule has 2 fully saturated rings. The average molecular weight is 266 g/mol. The van der Waals surface area contributed by atoms with Crippen molar-refractivity contribution in [1.29, 1.82) is 0 Å². The molecule has 0 saturated carbocycles. The topological polar surface area (TPSA) is 51.1 Å². The number of carbonyl (C=O) groups excluding carboxylic acids is 1.